The van der Waals surface area contributed by atoms with Gasteiger partial charge in [-0.2, -0.15) is 0 Å². The van der Waals surface area contributed by atoms with Gasteiger partial charge in [-0.05, 0) is 59.7 Å². The highest BCUT2D eigenvalue weighted by atomic mass is 32.2. The van der Waals surface area contributed by atoms with Gasteiger partial charge < -0.3 is 14.0 Å². The third kappa shape index (κ3) is 5.24. The van der Waals surface area contributed by atoms with E-state index in [1.807, 2.05) is 19.1 Å². The molecule has 1 aliphatic rings. The average molecular weight is 430 g/mol. The molecule has 6 nitrogen and oxygen atoms in total. The standard InChI is InChI=1S/C23H35N5OS/c1-6-11-27-22(10-14-26-12-8-7-9-13-26)24-25-23(27)30-16-21(29)20-15-18(4)28(17(2)3)19(20)5/h6,15,17H,1,7-14,16H2,2-5H3. The van der Waals surface area contributed by atoms with Crippen LogP contribution in [0.1, 0.15) is 66.7 Å². The van der Waals surface area contributed by atoms with Crippen molar-refractivity contribution in [3.8, 4) is 0 Å². The predicted octanol–water partition coefficient (Wildman–Crippen LogP) is 4.47. The van der Waals surface area contributed by atoms with E-state index in [-0.39, 0.29) is 5.78 Å². The summed E-state index contributed by atoms with van der Waals surface area (Å²) in [5.41, 5.74) is 2.99. The molecule has 0 unspecified atom stereocenters. The van der Waals surface area contributed by atoms with Crippen molar-refractivity contribution in [1.29, 1.82) is 0 Å². The van der Waals surface area contributed by atoms with Crippen LogP contribution in [0.4, 0.5) is 0 Å². The Balaban J connectivity index is 1.66. The van der Waals surface area contributed by atoms with Crippen LogP contribution in [0.5, 0.6) is 0 Å². The van der Waals surface area contributed by atoms with Crippen LogP contribution in [-0.4, -0.2) is 55.4 Å². The van der Waals surface area contributed by atoms with E-state index in [0.717, 1.165) is 40.9 Å². The van der Waals surface area contributed by atoms with Gasteiger partial charge in [0.05, 0.1) is 5.75 Å². The fraction of sp³-hybridized carbons (Fsp3) is 0.609. The number of rotatable bonds is 10. The smallest absolute Gasteiger partial charge is 0.191 e. The van der Waals surface area contributed by atoms with E-state index in [1.54, 1.807) is 0 Å². The van der Waals surface area contributed by atoms with E-state index >= 15 is 0 Å². The van der Waals surface area contributed by atoms with E-state index in [9.17, 15) is 4.79 Å². The van der Waals surface area contributed by atoms with Crippen LogP contribution in [-0.2, 0) is 13.0 Å². The van der Waals surface area contributed by atoms with Crippen molar-refractivity contribution in [3.63, 3.8) is 0 Å². The number of piperidine rings is 1. The third-order valence-corrected chi connectivity index (χ3v) is 6.81. The van der Waals surface area contributed by atoms with Crippen LogP contribution >= 0.6 is 11.8 Å². The Morgan fingerprint density at radius 3 is 2.60 bits per heavy atom. The van der Waals surface area contributed by atoms with E-state index in [4.69, 9.17) is 0 Å². The summed E-state index contributed by atoms with van der Waals surface area (Å²) >= 11 is 1.47. The Bertz CT molecular complexity index is 877. The lowest BCUT2D eigenvalue weighted by Gasteiger charge is -2.26. The van der Waals surface area contributed by atoms with Gasteiger partial charge in [-0.1, -0.05) is 24.3 Å². The first-order chi connectivity index (χ1) is 14.4. The van der Waals surface area contributed by atoms with Crippen LogP contribution < -0.4 is 0 Å². The minimum absolute atomic E-state index is 0.142. The number of likely N-dealkylation sites (tertiary alicyclic amines) is 1. The summed E-state index contributed by atoms with van der Waals surface area (Å²) in [7, 11) is 0. The molecule has 0 atom stereocenters. The van der Waals surface area contributed by atoms with Crippen LogP contribution in [0.3, 0.4) is 0 Å². The number of aryl methyl sites for hydroxylation is 1. The number of thioether (sulfide) groups is 1. The zero-order chi connectivity index (χ0) is 21.7. The Morgan fingerprint density at radius 2 is 1.97 bits per heavy atom. The number of carbonyl (C=O) groups excluding carboxylic acids is 1. The van der Waals surface area contributed by atoms with Crippen LogP contribution in [0, 0.1) is 13.8 Å². The molecule has 0 N–H and O–H groups in total. The summed E-state index contributed by atoms with van der Waals surface area (Å²) in [4.78, 5) is 15.4. The molecule has 0 bridgehead atoms. The minimum Gasteiger partial charge on any atom is -0.346 e. The summed E-state index contributed by atoms with van der Waals surface area (Å²) in [5, 5.41) is 9.62. The Kier molecular flexibility index (Phi) is 7.94. The van der Waals surface area contributed by atoms with Crippen LogP contribution in [0.2, 0.25) is 0 Å². The minimum atomic E-state index is 0.142. The molecule has 1 aliphatic heterocycles. The molecule has 2 aromatic heterocycles. The Morgan fingerprint density at radius 1 is 1.23 bits per heavy atom. The molecule has 2 aromatic rings. The van der Waals surface area contributed by atoms with Gasteiger partial charge in [0.25, 0.3) is 0 Å². The van der Waals surface area contributed by atoms with Gasteiger partial charge in [0, 0.05) is 42.5 Å². The van der Waals surface area contributed by atoms with Gasteiger partial charge in [-0.3, -0.25) is 4.79 Å². The van der Waals surface area contributed by atoms with E-state index < -0.39 is 0 Å². The second kappa shape index (κ2) is 10.4. The maximum absolute atomic E-state index is 12.9. The van der Waals surface area contributed by atoms with E-state index in [2.05, 4.69) is 51.6 Å². The monoisotopic (exact) mass is 429 g/mol. The molecular formula is C23H35N5OS. The first kappa shape index (κ1) is 22.8. The number of hydrogen-bond donors (Lipinski definition) is 0. The lowest BCUT2D eigenvalue weighted by molar-refractivity contribution is 0.102. The number of hydrogen-bond acceptors (Lipinski definition) is 5. The molecular weight excluding hydrogens is 394 g/mol. The molecule has 0 amide bonds. The molecule has 7 heteroatoms. The van der Waals surface area contributed by atoms with Crippen molar-refractivity contribution >= 4 is 17.5 Å². The maximum atomic E-state index is 12.9. The van der Waals surface area contributed by atoms with Crippen LogP contribution in [0.25, 0.3) is 0 Å². The summed E-state index contributed by atoms with van der Waals surface area (Å²) in [6.45, 7) is 16.3. The molecule has 3 rings (SSSR count). The van der Waals surface area contributed by atoms with Crippen molar-refractivity contribution < 1.29 is 4.79 Å². The highest BCUT2D eigenvalue weighted by molar-refractivity contribution is 7.99. The van der Waals surface area contributed by atoms with Crippen LogP contribution in [0.15, 0.2) is 23.9 Å². The van der Waals surface area contributed by atoms with Gasteiger partial charge in [-0.15, -0.1) is 16.8 Å². The molecule has 1 fully saturated rings. The highest BCUT2D eigenvalue weighted by Crippen LogP contribution is 2.24. The van der Waals surface area contributed by atoms with Gasteiger partial charge in [0.15, 0.2) is 10.9 Å². The van der Waals surface area contributed by atoms with Crippen molar-refractivity contribution in [3.05, 3.63) is 41.5 Å². The van der Waals surface area contributed by atoms with Crippen molar-refractivity contribution in [2.75, 3.05) is 25.4 Å². The predicted molar refractivity (Wildman–Crippen MR) is 124 cm³/mol. The first-order valence-electron chi connectivity index (χ1n) is 11.0. The topological polar surface area (TPSA) is 56.0 Å². The molecule has 0 aliphatic carbocycles. The number of Topliss-reactive ketones (excluding diaryl/α,β-unsaturated/α-hetero) is 1. The molecule has 164 valence electrons. The number of ketones is 1. The fourth-order valence-corrected chi connectivity index (χ4v) is 5.28. The quantitative estimate of drug-likeness (QED) is 0.317. The molecule has 0 saturated carbocycles. The second-order valence-corrected chi connectivity index (χ2v) is 9.35. The molecule has 0 radical (unpaired) electrons. The van der Waals surface area contributed by atoms with Crippen molar-refractivity contribution in [1.82, 2.24) is 24.2 Å². The lowest BCUT2D eigenvalue weighted by Crippen LogP contribution is -2.32. The highest BCUT2D eigenvalue weighted by Gasteiger charge is 2.20. The molecule has 0 spiro atoms. The number of allylic oxidation sites excluding steroid dienone is 1. The lowest BCUT2D eigenvalue weighted by atomic mass is 10.1. The summed E-state index contributed by atoms with van der Waals surface area (Å²) in [6, 6.07) is 2.36. The zero-order valence-corrected chi connectivity index (χ0v) is 19.7. The zero-order valence-electron chi connectivity index (χ0n) is 18.9. The van der Waals surface area contributed by atoms with E-state index in [1.165, 1.54) is 44.1 Å². The Labute approximate surface area is 184 Å². The van der Waals surface area contributed by atoms with Crippen molar-refractivity contribution in [2.45, 2.75) is 71.1 Å². The Hall–Kier alpha value is -1.86. The molecule has 0 aromatic carbocycles. The fourth-order valence-electron chi connectivity index (χ4n) is 4.43. The van der Waals surface area contributed by atoms with Gasteiger partial charge >= 0.3 is 0 Å². The van der Waals surface area contributed by atoms with Crippen molar-refractivity contribution in [2.24, 2.45) is 0 Å². The summed E-state index contributed by atoms with van der Waals surface area (Å²) in [6.07, 6.45) is 6.68. The maximum Gasteiger partial charge on any atom is 0.191 e. The third-order valence-electron chi connectivity index (χ3n) is 5.84. The SMILES string of the molecule is C=CCn1c(CCN2CCCCC2)nnc1SCC(=O)c1cc(C)n(C(C)C)c1C. The normalized spacial score (nSPS) is 15.1. The van der Waals surface area contributed by atoms with E-state index in [0.29, 0.717) is 18.3 Å². The van der Waals surface area contributed by atoms with Gasteiger partial charge in [-0.25, -0.2) is 0 Å². The largest absolute Gasteiger partial charge is 0.346 e. The second-order valence-electron chi connectivity index (χ2n) is 8.41. The number of nitrogens with zero attached hydrogens (tertiary/aromatic N) is 5. The average Bonchev–Trinajstić information content (AvgIpc) is 3.25. The summed E-state index contributed by atoms with van der Waals surface area (Å²) in [5.74, 6) is 1.49. The molecule has 1 saturated heterocycles. The molecule has 30 heavy (non-hydrogen) atoms. The number of aromatic nitrogens is 4. The number of carbonyl (C=O) groups is 1. The molecule has 3 heterocycles. The first-order valence-corrected chi connectivity index (χ1v) is 12.0. The van der Waals surface area contributed by atoms with Gasteiger partial charge in [0.1, 0.15) is 5.82 Å². The summed E-state index contributed by atoms with van der Waals surface area (Å²) < 4.78 is 4.32. The van der Waals surface area contributed by atoms with Gasteiger partial charge in [0.2, 0.25) is 0 Å².